The number of rotatable bonds is 8. The maximum atomic E-state index is 13.2. The van der Waals surface area contributed by atoms with Crippen molar-refractivity contribution in [1.82, 2.24) is 15.2 Å². The summed E-state index contributed by atoms with van der Waals surface area (Å²) < 4.78 is 0. The lowest BCUT2D eigenvalue weighted by atomic mass is 10.0. The van der Waals surface area contributed by atoms with Crippen LogP contribution in [0.4, 0.5) is 11.4 Å². The molecule has 1 saturated heterocycles. The first-order chi connectivity index (χ1) is 16.5. The number of nitrogens with zero attached hydrogens (tertiary/aromatic N) is 2. The Hall–Kier alpha value is -3.32. The molecule has 1 atom stereocenters. The molecule has 0 bridgehead atoms. The molecule has 2 fully saturated rings. The second-order valence-electron chi connectivity index (χ2n) is 9.59. The molecule has 5 rings (SSSR count). The number of fused-ring (bicyclic) bond motifs is 1. The van der Waals surface area contributed by atoms with Gasteiger partial charge in [0.05, 0.1) is 0 Å². The highest BCUT2D eigenvalue weighted by molar-refractivity contribution is 5.98. The molecule has 1 unspecified atom stereocenters. The molecule has 1 aliphatic carbocycles. The molecule has 3 N–H and O–H groups in total. The van der Waals surface area contributed by atoms with Crippen molar-refractivity contribution in [3.05, 3.63) is 60.3 Å². The largest absolute Gasteiger partial charge is 0.369 e. The molecular weight excluding hydrogens is 426 g/mol. The van der Waals surface area contributed by atoms with Gasteiger partial charge in [-0.2, -0.15) is 0 Å². The predicted octanol–water partition coefficient (Wildman–Crippen LogP) is 3.39. The van der Waals surface area contributed by atoms with Gasteiger partial charge in [0, 0.05) is 74.5 Å². The van der Waals surface area contributed by atoms with Gasteiger partial charge < -0.3 is 20.5 Å². The minimum Gasteiger partial charge on any atom is -0.369 e. The molecule has 34 heavy (non-hydrogen) atoms. The number of anilines is 2. The number of aromatic nitrogens is 1. The van der Waals surface area contributed by atoms with E-state index < -0.39 is 6.04 Å². The Labute approximate surface area is 200 Å². The number of carbonyl (C=O) groups is 2. The lowest BCUT2D eigenvalue weighted by molar-refractivity contribution is -0.125. The van der Waals surface area contributed by atoms with Crippen LogP contribution in [0.2, 0.25) is 0 Å². The minimum atomic E-state index is -0.661. The highest BCUT2D eigenvalue weighted by atomic mass is 16.2. The van der Waals surface area contributed by atoms with Crippen LogP contribution in [0.5, 0.6) is 0 Å². The van der Waals surface area contributed by atoms with E-state index in [-0.39, 0.29) is 11.8 Å². The van der Waals surface area contributed by atoms with E-state index in [0.717, 1.165) is 59.9 Å². The summed E-state index contributed by atoms with van der Waals surface area (Å²) in [5.74, 6) is 0.482. The zero-order chi connectivity index (χ0) is 23.5. The molecule has 7 nitrogen and oxygen atoms in total. The fraction of sp³-hybridized carbons (Fsp3) is 0.407. The summed E-state index contributed by atoms with van der Waals surface area (Å²) >= 11 is 0. The Bertz CT molecular complexity index is 1160. The van der Waals surface area contributed by atoms with Gasteiger partial charge >= 0.3 is 0 Å². The van der Waals surface area contributed by atoms with Crippen molar-refractivity contribution < 1.29 is 9.59 Å². The minimum absolute atomic E-state index is 0.216. The average Bonchev–Trinajstić information content (AvgIpc) is 3.57. The monoisotopic (exact) mass is 459 g/mol. The van der Waals surface area contributed by atoms with Crippen LogP contribution in [0, 0.1) is 5.92 Å². The number of para-hydroxylation sites is 1. The molecular formula is C27H33N5O2. The molecule has 1 aromatic heterocycles. The first-order valence-corrected chi connectivity index (χ1v) is 12.3. The SMILES string of the molecule is CC(=O)NC(Cc1c[nH]c2ccccc12)C(=O)Nc1cccc(N2CCN(CC3CC3)CC2)c1. The summed E-state index contributed by atoms with van der Waals surface area (Å²) in [7, 11) is 0. The van der Waals surface area contributed by atoms with Gasteiger partial charge in [-0.15, -0.1) is 0 Å². The number of H-pyrrole nitrogens is 1. The average molecular weight is 460 g/mol. The topological polar surface area (TPSA) is 80.5 Å². The number of carbonyl (C=O) groups excluding carboxylic acids is 2. The van der Waals surface area contributed by atoms with Crippen molar-refractivity contribution in [2.75, 3.05) is 42.9 Å². The van der Waals surface area contributed by atoms with E-state index >= 15 is 0 Å². The molecule has 7 heteroatoms. The van der Waals surface area contributed by atoms with Crippen LogP contribution in [0.25, 0.3) is 10.9 Å². The first-order valence-electron chi connectivity index (χ1n) is 12.3. The third-order valence-corrected chi connectivity index (χ3v) is 6.86. The van der Waals surface area contributed by atoms with Crippen LogP contribution in [0.1, 0.15) is 25.3 Å². The Morgan fingerprint density at radius 2 is 1.85 bits per heavy atom. The standard InChI is InChI=1S/C27H33N5O2/c1-19(33)29-26(15-21-17-28-25-8-3-2-7-24(21)25)27(34)30-22-5-4-6-23(16-22)32-13-11-31(12-14-32)18-20-9-10-20/h2-8,16-17,20,26,28H,9-15,18H2,1H3,(H,29,33)(H,30,34). The number of amides is 2. The smallest absolute Gasteiger partial charge is 0.247 e. The van der Waals surface area contributed by atoms with Gasteiger partial charge in [-0.1, -0.05) is 24.3 Å². The van der Waals surface area contributed by atoms with Crippen molar-refractivity contribution in [3.63, 3.8) is 0 Å². The van der Waals surface area contributed by atoms with E-state index in [1.807, 2.05) is 48.7 Å². The summed E-state index contributed by atoms with van der Waals surface area (Å²) in [4.78, 5) is 33.2. The molecule has 1 saturated carbocycles. The molecule has 0 radical (unpaired) electrons. The number of hydrogen-bond acceptors (Lipinski definition) is 4. The third kappa shape index (κ3) is 5.42. The van der Waals surface area contributed by atoms with Gasteiger partial charge in [0.15, 0.2) is 0 Å². The third-order valence-electron chi connectivity index (χ3n) is 6.86. The maximum Gasteiger partial charge on any atom is 0.247 e. The molecule has 2 heterocycles. The van der Waals surface area contributed by atoms with Crippen LogP contribution in [-0.4, -0.2) is 60.5 Å². The van der Waals surface area contributed by atoms with Crippen molar-refractivity contribution in [2.45, 2.75) is 32.2 Å². The van der Waals surface area contributed by atoms with Crippen LogP contribution in [-0.2, 0) is 16.0 Å². The Kier molecular flexibility index (Phi) is 6.54. The van der Waals surface area contributed by atoms with E-state index in [1.54, 1.807) is 0 Å². The molecule has 2 aliphatic rings. The van der Waals surface area contributed by atoms with Crippen LogP contribution >= 0.6 is 0 Å². The Morgan fingerprint density at radius 3 is 2.62 bits per heavy atom. The van der Waals surface area contributed by atoms with E-state index in [1.165, 1.54) is 26.3 Å². The lowest BCUT2D eigenvalue weighted by Crippen LogP contribution is -2.47. The first kappa shape index (κ1) is 22.5. The number of benzene rings is 2. The Balaban J connectivity index is 1.24. The molecule has 178 valence electrons. The van der Waals surface area contributed by atoms with Gasteiger partial charge in [-0.3, -0.25) is 14.5 Å². The van der Waals surface area contributed by atoms with E-state index in [4.69, 9.17) is 0 Å². The zero-order valence-corrected chi connectivity index (χ0v) is 19.7. The highest BCUT2D eigenvalue weighted by Gasteiger charge is 2.27. The molecule has 1 aliphatic heterocycles. The normalized spacial score (nSPS) is 17.5. The second kappa shape index (κ2) is 9.89. The summed E-state index contributed by atoms with van der Waals surface area (Å²) in [6.45, 7) is 6.85. The molecule has 2 amide bonds. The summed E-state index contributed by atoms with van der Waals surface area (Å²) in [5, 5.41) is 6.92. The number of hydrogen-bond donors (Lipinski definition) is 3. The van der Waals surface area contributed by atoms with E-state index in [2.05, 4.69) is 31.5 Å². The highest BCUT2D eigenvalue weighted by Crippen LogP contribution is 2.30. The summed E-state index contributed by atoms with van der Waals surface area (Å²) in [5.41, 5.74) is 3.89. The molecule has 2 aromatic carbocycles. The number of aromatic amines is 1. The summed E-state index contributed by atoms with van der Waals surface area (Å²) in [6, 6.07) is 15.3. The van der Waals surface area contributed by atoms with Crippen molar-refractivity contribution in [3.8, 4) is 0 Å². The van der Waals surface area contributed by atoms with Gasteiger partial charge in [0.1, 0.15) is 6.04 Å². The zero-order valence-electron chi connectivity index (χ0n) is 19.7. The van der Waals surface area contributed by atoms with Gasteiger partial charge in [-0.05, 0) is 48.6 Å². The van der Waals surface area contributed by atoms with Crippen LogP contribution in [0.3, 0.4) is 0 Å². The number of piperazine rings is 1. The maximum absolute atomic E-state index is 13.2. The molecule has 0 spiro atoms. The van der Waals surface area contributed by atoms with Crippen molar-refractivity contribution in [2.24, 2.45) is 5.92 Å². The Morgan fingerprint density at radius 1 is 1.06 bits per heavy atom. The lowest BCUT2D eigenvalue weighted by Gasteiger charge is -2.36. The van der Waals surface area contributed by atoms with Crippen molar-refractivity contribution in [1.29, 1.82) is 0 Å². The summed E-state index contributed by atoms with van der Waals surface area (Å²) in [6.07, 6.45) is 5.11. The number of nitrogens with one attached hydrogen (secondary N) is 3. The quantitative estimate of drug-likeness (QED) is 0.482. The predicted molar refractivity (Wildman–Crippen MR) is 136 cm³/mol. The fourth-order valence-corrected chi connectivity index (χ4v) is 4.84. The van der Waals surface area contributed by atoms with Crippen molar-refractivity contribution >= 4 is 34.1 Å². The van der Waals surface area contributed by atoms with Gasteiger partial charge in [0.2, 0.25) is 11.8 Å². The van der Waals surface area contributed by atoms with Crippen LogP contribution in [0.15, 0.2) is 54.7 Å². The fourth-order valence-electron chi connectivity index (χ4n) is 4.84. The van der Waals surface area contributed by atoms with Gasteiger partial charge in [0.25, 0.3) is 0 Å². The van der Waals surface area contributed by atoms with E-state index in [9.17, 15) is 9.59 Å². The van der Waals surface area contributed by atoms with Crippen LogP contribution < -0.4 is 15.5 Å². The van der Waals surface area contributed by atoms with E-state index in [0.29, 0.717) is 6.42 Å². The van der Waals surface area contributed by atoms with Gasteiger partial charge in [-0.25, -0.2) is 0 Å². The second-order valence-corrected chi connectivity index (χ2v) is 9.59. The molecule has 3 aromatic rings.